The lowest BCUT2D eigenvalue weighted by Gasteiger charge is -2.28. The van der Waals surface area contributed by atoms with E-state index < -0.39 is 0 Å². The molecule has 3 nitrogen and oxygen atoms in total. The average Bonchev–Trinajstić information content (AvgIpc) is 3.05. The van der Waals surface area contributed by atoms with Crippen LogP contribution < -0.4 is 10.6 Å². The maximum Gasteiger partial charge on any atom is 0.220 e. The highest BCUT2D eigenvalue weighted by Gasteiger charge is 2.56. The van der Waals surface area contributed by atoms with Crippen molar-refractivity contribution in [2.45, 2.75) is 44.6 Å². The second-order valence-corrected chi connectivity index (χ2v) is 7.45. The molecular weight excluding hydrogens is 272 g/mol. The molecule has 0 spiro atoms. The molecule has 4 atom stereocenters. The van der Waals surface area contributed by atoms with E-state index in [2.05, 4.69) is 41.8 Å². The molecule has 1 aromatic carbocycles. The van der Waals surface area contributed by atoms with Crippen molar-refractivity contribution in [1.29, 1.82) is 0 Å². The van der Waals surface area contributed by atoms with Gasteiger partial charge in [-0.3, -0.25) is 4.79 Å². The number of rotatable bonds is 4. The van der Waals surface area contributed by atoms with Crippen molar-refractivity contribution in [2.75, 3.05) is 13.1 Å². The topological polar surface area (TPSA) is 41.1 Å². The molecule has 2 N–H and O–H groups in total. The van der Waals surface area contributed by atoms with E-state index in [1.807, 2.05) is 0 Å². The first-order valence-corrected chi connectivity index (χ1v) is 8.82. The van der Waals surface area contributed by atoms with Crippen LogP contribution in [0.25, 0.3) is 0 Å². The molecule has 1 aromatic rings. The summed E-state index contributed by atoms with van der Waals surface area (Å²) in [6.07, 6.45) is 4.28. The smallest absolute Gasteiger partial charge is 0.220 e. The van der Waals surface area contributed by atoms with Crippen molar-refractivity contribution >= 4 is 5.91 Å². The van der Waals surface area contributed by atoms with Gasteiger partial charge in [0.05, 0.1) is 0 Å². The predicted octanol–water partition coefficient (Wildman–Crippen LogP) is 2.47. The van der Waals surface area contributed by atoms with Crippen molar-refractivity contribution in [3.63, 3.8) is 0 Å². The Morgan fingerprint density at radius 2 is 2.09 bits per heavy atom. The number of fused-ring (bicyclic) bond motifs is 3. The van der Waals surface area contributed by atoms with Crippen LogP contribution in [0.4, 0.5) is 0 Å². The third-order valence-electron chi connectivity index (χ3n) is 6.06. The van der Waals surface area contributed by atoms with E-state index in [-0.39, 0.29) is 5.91 Å². The summed E-state index contributed by atoms with van der Waals surface area (Å²) in [7, 11) is 0. The van der Waals surface area contributed by atoms with Gasteiger partial charge in [-0.2, -0.15) is 0 Å². The molecule has 0 bridgehead atoms. The van der Waals surface area contributed by atoms with Gasteiger partial charge in [0.15, 0.2) is 0 Å². The van der Waals surface area contributed by atoms with Gasteiger partial charge in [0, 0.05) is 18.4 Å². The van der Waals surface area contributed by atoms with Gasteiger partial charge in [-0.25, -0.2) is 0 Å². The third kappa shape index (κ3) is 2.56. The van der Waals surface area contributed by atoms with Crippen LogP contribution in [0.15, 0.2) is 24.3 Å². The Labute approximate surface area is 132 Å². The molecule has 118 valence electrons. The van der Waals surface area contributed by atoms with Crippen LogP contribution in [0.5, 0.6) is 0 Å². The average molecular weight is 298 g/mol. The first-order valence-electron chi connectivity index (χ1n) is 8.82. The van der Waals surface area contributed by atoms with Gasteiger partial charge in [-0.05, 0) is 61.2 Å². The number of carbonyl (C=O) groups excluding carboxylic acids is 1. The van der Waals surface area contributed by atoms with E-state index in [1.54, 1.807) is 0 Å². The van der Waals surface area contributed by atoms with Crippen LogP contribution in [0.1, 0.15) is 43.2 Å². The van der Waals surface area contributed by atoms with Crippen LogP contribution >= 0.6 is 0 Å². The second-order valence-electron chi connectivity index (χ2n) is 7.45. The molecule has 2 fully saturated rings. The molecule has 4 rings (SSSR count). The van der Waals surface area contributed by atoms with Gasteiger partial charge in [0.25, 0.3) is 0 Å². The number of benzene rings is 1. The van der Waals surface area contributed by atoms with Crippen molar-refractivity contribution in [2.24, 2.45) is 17.8 Å². The van der Waals surface area contributed by atoms with Gasteiger partial charge < -0.3 is 10.6 Å². The highest BCUT2D eigenvalue weighted by Crippen LogP contribution is 2.56. The number of piperidine rings is 1. The Hall–Kier alpha value is -1.35. The quantitative estimate of drug-likeness (QED) is 0.896. The molecule has 22 heavy (non-hydrogen) atoms. The van der Waals surface area contributed by atoms with Crippen LogP contribution in [-0.2, 0) is 11.2 Å². The van der Waals surface area contributed by atoms with Gasteiger partial charge in [0.2, 0.25) is 5.91 Å². The minimum atomic E-state index is 0.267. The van der Waals surface area contributed by atoms with Crippen LogP contribution in [0.2, 0.25) is 0 Å². The summed E-state index contributed by atoms with van der Waals surface area (Å²) in [5.74, 6) is 2.74. The highest BCUT2D eigenvalue weighted by molar-refractivity contribution is 5.77. The Balaban J connectivity index is 1.29. The number of hydrogen-bond donors (Lipinski definition) is 2. The van der Waals surface area contributed by atoms with E-state index in [9.17, 15) is 4.79 Å². The zero-order chi connectivity index (χ0) is 15.1. The van der Waals surface area contributed by atoms with E-state index in [0.29, 0.717) is 36.1 Å². The zero-order valence-electron chi connectivity index (χ0n) is 13.3. The molecule has 1 heterocycles. The fourth-order valence-corrected chi connectivity index (χ4v) is 4.67. The molecule has 1 saturated heterocycles. The van der Waals surface area contributed by atoms with Gasteiger partial charge in [-0.1, -0.05) is 31.2 Å². The van der Waals surface area contributed by atoms with Crippen LogP contribution in [0, 0.1) is 17.8 Å². The molecule has 1 amide bonds. The Bertz CT molecular complexity index is 564. The highest BCUT2D eigenvalue weighted by atomic mass is 16.1. The maximum atomic E-state index is 12.4. The second kappa shape index (κ2) is 5.69. The summed E-state index contributed by atoms with van der Waals surface area (Å²) >= 11 is 0. The third-order valence-corrected chi connectivity index (χ3v) is 6.06. The normalized spacial score (nSPS) is 31.2. The SMILES string of the molecule is CC(CC(=O)NC1C2Cc3ccccc3C21)C1CCNCC1. The lowest BCUT2D eigenvalue weighted by Crippen LogP contribution is -2.34. The molecule has 3 heteroatoms. The van der Waals surface area contributed by atoms with Gasteiger partial charge >= 0.3 is 0 Å². The first-order chi connectivity index (χ1) is 10.7. The summed E-state index contributed by atoms with van der Waals surface area (Å²) in [5.41, 5.74) is 2.97. The van der Waals surface area contributed by atoms with E-state index in [1.165, 1.54) is 24.0 Å². The van der Waals surface area contributed by atoms with Gasteiger partial charge in [0.1, 0.15) is 0 Å². The standard InChI is InChI=1S/C19H26N2O/c1-12(13-6-8-20-9-7-13)10-17(22)21-19-16-11-14-4-2-3-5-15(14)18(16)19/h2-5,12-13,16,18-20H,6-11H2,1H3,(H,21,22). The first kappa shape index (κ1) is 14.3. The van der Waals surface area contributed by atoms with E-state index >= 15 is 0 Å². The Morgan fingerprint density at radius 1 is 1.32 bits per heavy atom. The number of hydrogen-bond acceptors (Lipinski definition) is 2. The van der Waals surface area contributed by atoms with Crippen LogP contribution in [0.3, 0.4) is 0 Å². The zero-order valence-corrected chi connectivity index (χ0v) is 13.3. The van der Waals surface area contributed by atoms with Gasteiger partial charge in [-0.15, -0.1) is 0 Å². The largest absolute Gasteiger partial charge is 0.352 e. The lowest BCUT2D eigenvalue weighted by atomic mass is 9.84. The summed E-state index contributed by atoms with van der Waals surface area (Å²) < 4.78 is 0. The van der Waals surface area contributed by atoms with Crippen molar-refractivity contribution in [1.82, 2.24) is 10.6 Å². The fraction of sp³-hybridized carbons (Fsp3) is 0.632. The van der Waals surface area contributed by atoms with E-state index in [0.717, 1.165) is 19.5 Å². The summed E-state index contributed by atoms with van der Waals surface area (Å²) in [6.45, 7) is 4.47. The molecule has 2 aliphatic carbocycles. The van der Waals surface area contributed by atoms with E-state index in [4.69, 9.17) is 0 Å². The summed E-state index contributed by atoms with van der Waals surface area (Å²) in [5, 5.41) is 6.71. The Morgan fingerprint density at radius 3 is 2.91 bits per heavy atom. The molecule has 1 aliphatic heterocycles. The molecule has 0 aromatic heterocycles. The molecule has 3 aliphatic rings. The van der Waals surface area contributed by atoms with Crippen molar-refractivity contribution in [3.05, 3.63) is 35.4 Å². The Kier molecular flexibility index (Phi) is 3.69. The molecule has 1 saturated carbocycles. The molecular formula is C19H26N2O. The number of amides is 1. The number of carbonyl (C=O) groups is 1. The minimum absolute atomic E-state index is 0.267. The lowest BCUT2D eigenvalue weighted by molar-refractivity contribution is -0.122. The molecule has 4 unspecified atom stereocenters. The fourth-order valence-electron chi connectivity index (χ4n) is 4.67. The maximum absolute atomic E-state index is 12.4. The van der Waals surface area contributed by atoms with Crippen molar-refractivity contribution < 1.29 is 4.79 Å². The summed E-state index contributed by atoms with van der Waals surface area (Å²) in [6, 6.07) is 9.13. The predicted molar refractivity (Wildman–Crippen MR) is 87.7 cm³/mol. The monoisotopic (exact) mass is 298 g/mol. The van der Waals surface area contributed by atoms with Crippen LogP contribution in [-0.4, -0.2) is 25.0 Å². The van der Waals surface area contributed by atoms with Crippen molar-refractivity contribution in [3.8, 4) is 0 Å². The summed E-state index contributed by atoms with van der Waals surface area (Å²) in [4.78, 5) is 12.4. The number of nitrogens with one attached hydrogen (secondary N) is 2. The molecule has 0 radical (unpaired) electrons. The minimum Gasteiger partial charge on any atom is -0.352 e.